The van der Waals surface area contributed by atoms with Gasteiger partial charge in [-0.1, -0.05) is 11.6 Å². The molecule has 2 aromatic heterocycles. The summed E-state index contributed by atoms with van der Waals surface area (Å²) in [5.41, 5.74) is 6.59. The number of carbonyl (C=O) groups is 1. The molecule has 6 heteroatoms. The van der Waals surface area contributed by atoms with Crippen LogP contribution in [-0.4, -0.2) is 15.9 Å². The number of aromatic nitrogens is 2. The number of anilines is 1. The van der Waals surface area contributed by atoms with Crippen LogP contribution >= 0.6 is 11.6 Å². The summed E-state index contributed by atoms with van der Waals surface area (Å²) in [7, 11) is 0. The predicted octanol–water partition coefficient (Wildman–Crippen LogP) is 1.84. The van der Waals surface area contributed by atoms with Crippen LogP contribution in [0.4, 0.5) is 5.82 Å². The molecule has 0 aromatic carbocycles. The Hall–Kier alpha value is -2.14. The molecule has 18 heavy (non-hydrogen) atoms. The molecular weight excluding hydrogens is 252 g/mol. The van der Waals surface area contributed by atoms with Gasteiger partial charge in [0.2, 0.25) is 0 Å². The molecule has 3 N–H and O–H groups in total. The van der Waals surface area contributed by atoms with E-state index in [2.05, 4.69) is 15.3 Å². The molecule has 0 atom stereocenters. The van der Waals surface area contributed by atoms with Gasteiger partial charge in [-0.05, 0) is 29.8 Å². The number of pyridine rings is 2. The highest BCUT2D eigenvalue weighted by molar-refractivity contribution is 6.29. The monoisotopic (exact) mass is 262 g/mol. The molecule has 92 valence electrons. The third-order valence-electron chi connectivity index (χ3n) is 2.34. The fourth-order valence-electron chi connectivity index (χ4n) is 1.46. The summed E-state index contributed by atoms with van der Waals surface area (Å²) in [6, 6.07) is 6.80. The van der Waals surface area contributed by atoms with E-state index in [9.17, 15) is 4.79 Å². The number of nitrogens with one attached hydrogen (secondary N) is 1. The van der Waals surface area contributed by atoms with E-state index in [1.54, 1.807) is 18.5 Å². The first kappa shape index (κ1) is 12.3. The molecular formula is C12H11ClN4O. The molecule has 2 rings (SSSR count). The zero-order valence-electron chi connectivity index (χ0n) is 9.43. The van der Waals surface area contributed by atoms with Crippen LogP contribution in [0.25, 0.3) is 0 Å². The van der Waals surface area contributed by atoms with Crippen molar-refractivity contribution in [2.45, 2.75) is 6.54 Å². The smallest absolute Gasteiger partial charge is 0.252 e. The van der Waals surface area contributed by atoms with E-state index < -0.39 is 5.91 Å². The number of nitrogens with two attached hydrogens (primary N) is 1. The highest BCUT2D eigenvalue weighted by atomic mass is 35.5. The average Bonchev–Trinajstić information content (AvgIpc) is 2.37. The first-order valence-corrected chi connectivity index (χ1v) is 5.64. The van der Waals surface area contributed by atoms with E-state index in [1.807, 2.05) is 12.1 Å². The van der Waals surface area contributed by atoms with Crippen LogP contribution in [0, 0.1) is 0 Å². The lowest BCUT2D eigenvalue weighted by atomic mass is 10.2. The van der Waals surface area contributed by atoms with Crippen molar-refractivity contribution in [3.63, 3.8) is 0 Å². The number of carbonyl (C=O) groups excluding carboxylic acids is 1. The maximum Gasteiger partial charge on any atom is 0.252 e. The van der Waals surface area contributed by atoms with Crippen LogP contribution in [0.2, 0.25) is 5.15 Å². The van der Waals surface area contributed by atoms with Crippen molar-refractivity contribution in [1.29, 1.82) is 0 Å². The van der Waals surface area contributed by atoms with Crippen molar-refractivity contribution in [1.82, 2.24) is 9.97 Å². The van der Waals surface area contributed by atoms with Gasteiger partial charge >= 0.3 is 0 Å². The van der Waals surface area contributed by atoms with Crippen LogP contribution in [-0.2, 0) is 6.54 Å². The number of amides is 1. The lowest BCUT2D eigenvalue weighted by Crippen LogP contribution is -2.15. The highest BCUT2D eigenvalue weighted by Crippen LogP contribution is 2.16. The summed E-state index contributed by atoms with van der Waals surface area (Å²) in [5, 5.41) is 3.33. The summed E-state index contributed by atoms with van der Waals surface area (Å²) in [5.74, 6) is -0.164. The molecule has 0 radical (unpaired) electrons. The van der Waals surface area contributed by atoms with E-state index in [0.29, 0.717) is 23.1 Å². The van der Waals surface area contributed by atoms with Crippen LogP contribution in [0.3, 0.4) is 0 Å². The largest absolute Gasteiger partial charge is 0.365 e. The second kappa shape index (κ2) is 5.46. The summed E-state index contributed by atoms with van der Waals surface area (Å²) in [6.45, 7) is 0.510. The number of halogens is 1. The van der Waals surface area contributed by atoms with Crippen LogP contribution in [0.1, 0.15) is 15.9 Å². The summed E-state index contributed by atoms with van der Waals surface area (Å²) >= 11 is 5.79. The summed E-state index contributed by atoms with van der Waals surface area (Å²) in [6.07, 6.45) is 3.38. The lowest BCUT2D eigenvalue weighted by Gasteiger charge is -2.09. The SMILES string of the molecule is NC(=O)c1ccc(Cl)nc1NCc1ccncc1. The minimum Gasteiger partial charge on any atom is -0.365 e. The van der Waals surface area contributed by atoms with Crippen molar-refractivity contribution in [3.05, 3.63) is 52.9 Å². The van der Waals surface area contributed by atoms with Gasteiger partial charge in [0.05, 0.1) is 5.56 Å². The Balaban J connectivity index is 2.18. The fourth-order valence-corrected chi connectivity index (χ4v) is 1.60. The van der Waals surface area contributed by atoms with E-state index in [0.717, 1.165) is 5.56 Å². The first-order chi connectivity index (χ1) is 8.66. The van der Waals surface area contributed by atoms with Crippen molar-refractivity contribution in [2.24, 2.45) is 5.73 Å². The molecule has 0 saturated heterocycles. The summed E-state index contributed by atoms with van der Waals surface area (Å²) in [4.78, 5) is 19.2. The molecule has 2 aromatic rings. The zero-order valence-corrected chi connectivity index (χ0v) is 10.2. The van der Waals surface area contributed by atoms with Crippen molar-refractivity contribution in [3.8, 4) is 0 Å². The molecule has 0 aliphatic heterocycles. The van der Waals surface area contributed by atoms with Crippen molar-refractivity contribution >= 4 is 23.3 Å². The Kier molecular flexibility index (Phi) is 3.74. The average molecular weight is 263 g/mol. The Morgan fingerprint density at radius 3 is 2.67 bits per heavy atom. The van der Waals surface area contributed by atoms with Gasteiger partial charge in [-0.3, -0.25) is 9.78 Å². The number of hydrogen-bond donors (Lipinski definition) is 2. The molecule has 5 nitrogen and oxygen atoms in total. The molecule has 0 saturated carbocycles. The van der Waals surface area contributed by atoms with Gasteiger partial charge in [-0.2, -0.15) is 0 Å². The van der Waals surface area contributed by atoms with E-state index in [1.165, 1.54) is 6.07 Å². The maximum atomic E-state index is 11.2. The Morgan fingerprint density at radius 1 is 1.28 bits per heavy atom. The van der Waals surface area contributed by atoms with Crippen LogP contribution in [0.15, 0.2) is 36.7 Å². The third kappa shape index (κ3) is 2.95. The molecule has 0 unspecified atom stereocenters. The van der Waals surface area contributed by atoms with Gasteiger partial charge < -0.3 is 11.1 Å². The molecule has 0 aliphatic rings. The summed E-state index contributed by atoms with van der Waals surface area (Å²) < 4.78 is 0. The van der Waals surface area contributed by atoms with Crippen LogP contribution < -0.4 is 11.1 Å². The highest BCUT2D eigenvalue weighted by Gasteiger charge is 2.09. The molecule has 0 bridgehead atoms. The number of rotatable bonds is 4. The molecule has 1 amide bonds. The van der Waals surface area contributed by atoms with Gasteiger partial charge in [0.15, 0.2) is 0 Å². The molecule has 0 spiro atoms. The molecule has 0 aliphatic carbocycles. The maximum absolute atomic E-state index is 11.2. The minimum absolute atomic E-state index is 0.303. The second-order valence-electron chi connectivity index (χ2n) is 3.60. The molecule has 0 fully saturated rings. The third-order valence-corrected chi connectivity index (χ3v) is 2.55. The lowest BCUT2D eigenvalue weighted by molar-refractivity contribution is 0.100. The molecule has 2 heterocycles. The van der Waals surface area contributed by atoms with Crippen molar-refractivity contribution < 1.29 is 4.79 Å². The van der Waals surface area contributed by atoms with Gasteiger partial charge in [-0.15, -0.1) is 0 Å². The Bertz CT molecular complexity index is 559. The Labute approximate surface area is 109 Å². The first-order valence-electron chi connectivity index (χ1n) is 5.26. The minimum atomic E-state index is -0.545. The van der Waals surface area contributed by atoms with Crippen molar-refractivity contribution in [2.75, 3.05) is 5.32 Å². The van der Waals surface area contributed by atoms with Gasteiger partial charge in [0.25, 0.3) is 5.91 Å². The number of hydrogen-bond acceptors (Lipinski definition) is 4. The zero-order chi connectivity index (χ0) is 13.0. The van der Waals surface area contributed by atoms with Gasteiger partial charge in [0.1, 0.15) is 11.0 Å². The number of primary amides is 1. The topological polar surface area (TPSA) is 80.9 Å². The number of nitrogens with zero attached hydrogens (tertiary/aromatic N) is 2. The Morgan fingerprint density at radius 2 is 2.00 bits per heavy atom. The van der Waals surface area contributed by atoms with E-state index in [4.69, 9.17) is 17.3 Å². The predicted molar refractivity (Wildman–Crippen MR) is 69.3 cm³/mol. The normalized spacial score (nSPS) is 10.1. The quantitative estimate of drug-likeness (QED) is 0.824. The second-order valence-corrected chi connectivity index (χ2v) is 3.99. The van der Waals surface area contributed by atoms with E-state index in [-0.39, 0.29) is 0 Å². The fraction of sp³-hybridized carbons (Fsp3) is 0.0833. The van der Waals surface area contributed by atoms with E-state index >= 15 is 0 Å². The van der Waals surface area contributed by atoms with Gasteiger partial charge in [0, 0.05) is 18.9 Å². The standard InChI is InChI=1S/C12H11ClN4O/c13-10-2-1-9(11(14)18)12(17-10)16-7-8-3-5-15-6-4-8/h1-6H,7H2,(H2,14,18)(H,16,17). The van der Waals surface area contributed by atoms with Crippen LogP contribution in [0.5, 0.6) is 0 Å². The van der Waals surface area contributed by atoms with Gasteiger partial charge in [-0.25, -0.2) is 4.98 Å².